The third-order valence-corrected chi connectivity index (χ3v) is 4.12. The number of benzene rings is 1. The fourth-order valence-electron chi connectivity index (χ4n) is 2.94. The molecule has 0 aliphatic carbocycles. The lowest BCUT2D eigenvalue weighted by Crippen LogP contribution is -2.30. The van der Waals surface area contributed by atoms with Crippen LogP contribution >= 0.6 is 0 Å². The van der Waals surface area contributed by atoms with Gasteiger partial charge in [-0.15, -0.1) is 0 Å². The van der Waals surface area contributed by atoms with E-state index < -0.39 is 0 Å². The molecule has 4 heteroatoms. The van der Waals surface area contributed by atoms with Crippen LogP contribution in [0.2, 0.25) is 0 Å². The number of allylic oxidation sites excluding steroid dienone is 1. The zero-order valence-electron chi connectivity index (χ0n) is 16.5. The van der Waals surface area contributed by atoms with Crippen LogP contribution in [0, 0.1) is 6.92 Å². The lowest BCUT2D eigenvalue weighted by molar-refractivity contribution is 0.0964. The summed E-state index contributed by atoms with van der Waals surface area (Å²) in [5.41, 5.74) is 9.10. The number of nitrogens with one attached hydrogen (secondary N) is 1. The van der Waals surface area contributed by atoms with Crippen LogP contribution in [0.4, 0.5) is 0 Å². The van der Waals surface area contributed by atoms with Gasteiger partial charge in [-0.05, 0) is 42.4 Å². The molecule has 0 spiro atoms. The largest absolute Gasteiger partial charge is 0.496 e. The first-order chi connectivity index (χ1) is 10.8. The molecule has 0 aromatic heterocycles. The van der Waals surface area contributed by atoms with Gasteiger partial charge in [-0.2, -0.15) is 0 Å². The summed E-state index contributed by atoms with van der Waals surface area (Å²) in [5, 5.41) is 2.74. The van der Waals surface area contributed by atoms with Gasteiger partial charge in [0, 0.05) is 16.7 Å². The van der Waals surface area contributed by atoms with Gasteiger partial charge in [0.2, 0.25) is 0 Å². The lowest BCUT2D eigenvalue weighted by atomic mass is 9.76. The first-order valence-corrected chi connectivity index (χ1v) is 8.30. The maximum absolute atomic E-state index is 12.7. The molecule has 0 saturated carbocycles. The topological polar surface area (TPSA) is 64.3 Å². The first-order valence-electron chi connectivity index (χ1n) is 8.30. The Bertz CT molecular complexity index is 660. The summed E-state index contributed by atoms with van der Waals surface area (Å²) < 4.78 is 5.78. The number of rotatable bonds is 3. The van der Waals surface area contributed by atoms with E-state index in [4.69, 9.17) is 10.5 Å². The van der Waals surface area contributed by atoms with Crippen molar-refractivity contribution in [3.8, 4) is 5.75 Å². The third-order valence-electron chi connectivity index (χ3n) is 4.12. The van der Waals surface area contributed by atoms with Gasteiger partial charge < -0.3 is 15.8 Å². The second-order valence-corrected chi connectivity index (χ2v) is 8.20. The molecule has 4 nitrogen and oxygen atoms in total. The smallest absolute Gasteiger partial charge is 0.257 e. The second-order valence-electron chi connectivity index (χ2n) is 8.20. The van der Waals surface area contributed by atoms with Crippen molar-refractivity contribution >= 4 is 5.91 Å². The number of hydrogen-bond acceptors (Lipinski definition) is 3. The molecule has 0 aliphatic rings. The highest BCUT2D eigenvalue weighted by atomic mass is 16.5. The molecule has 0 atom stereocenters. The number of nitrogens with two attached hydrogens (primary N) is 1. The summed E-state index contributed by atoms with van der Waals surface area (Å²) in [7, 11) is 1.69. The molecule has 0 aliphatic heterocycles. The Morgan fingerprint density at radius 2 is 1.71 bits per heavy atom. The van der Waals surface area contributed by atoms with Crippen molar-refractivity contribution in [3.63, 3.8) is 0 Å². The highest BCUT2D eigenvalue weighted by molar-refractivity contribution is 5.97. The van der Waals surface area contributed by atoms with E-state index in [2.05, 4.69) is 46.9 Å². The molecule has 0 heterocycles. The highest BCUT2D eigenvalue weighted by Gasteiger charge is 2.31. The van der Waals surface area contributed by atoms with Gasteiger partial charge in [-0.3, -0.25) is 4.79 Å². The van der Waals surface area contributed by atoms with Gasteiger partial charge in [-0.25, -0.2) is 0 Å². The van der Waals surface area contributed by atoms with Crippen molar-refractivity contribution < 1.29 is 9.53 Å². The van der Waals surface area contributed by atoms with Crippen molar-refractivity contribution in [1.82, 2.24) is 5.32 Å². The summed E-state index contributed by atoms with van der Waals surface area (Å²) in [6.45, 7) is 16.5. The summed E-state index contributed by atoms with van der Waals surface area (Å²) in [6.07, 6.45) is 1.67. The standard InChI is InChI=1S/C20H32N2O2/c1-10-15(21)22-18(23)13-11-14(19(3,4)5)17(24-9)16(12(13)2)20(6,7)8/h10-11H,21H2,1-9H3,(H,22,23). The fraction of sp³-hybridized carbons (Fsp3) is 0.550. The number of carbonyl (C=O) groups is 1. The highest BCUT2D eigenvalue weighted by Crippen LogP contribution is 2.42. The molecule has 24 heavy (non-hydrogen) atoms. The number of amides is 1. The average molecular weight is 332 g/mol. The Balaban J connectivity index is 3.77. The zero-order valence-corrected chi connectivity index (χ0v) is 16.5. The minimum absolute atomic E-state index is 0.153. The maximum atomic E-state index is 12.7. The molecule has 1 rings (SSSR count). The van der Waals surface area contributed by atoms with Crippen LogP contribution in [-0.4, -0.2) is 13.0 Å². The molecule has 1 aromatic rings. The minimum Gasteiger partial charge on any atom is -0.496 e. The molecule has 0 saturated heterocycles. The third kappa shape index (κ3) is 4.11. The molecule has 0 radical (unpaired) electrons. The molecular formula is C20H32N2O2. The Morgan fingerprint density at radius 3 is 2.08 bits per heavy atom. The average Bonchev–Trinajstić information content (AvgIpc) is 2.43. The summed E-state index contributed by atoms with van der Waals surface area (Å²) in [4.78, 5) is 12.7. The number of methoxy groups -OCH3 is 1. The Labute approximate surface area is 146 Å². The first kappa shape index (κ1) is 20.1. The van der Waals surface area contributed by atoms with Crippen molar-refractivity contribution in [2.45, 2.75) is 66.2 Å². The summed E-state index contributed by atoms with van der Waals surface area (Å²) in [5.74, 6) is 1.02. The molecule has 134 valence electrons. The van der Waals surface area contributed by atoms with Gasteiger partial charge in [-0.1, -0.05) is 41.5 Å². The van der Waals surface area contributed by atoms with Gasteiger partial charge >= 0.3 is 0 Å². The maximum Gasteiger partial charge on any atom is 0.257 e. The normalized spacial score (nSPS) is 13.0. The van der Waals surface area contributed by atoms with E-state index in [1.165, 1.54) is 0 Å². The van der Waals surface area contributed by atoms with E-state index in [1.807, 2.05) is 13.0 Å². The molecule has 0 fully saturated rings. The number of ether oxygens (including phenoxy) is 1. The predicted molar refractivity (Wildman–Crippen MR) is 101 cm³/mol. The minimum atomic E-state index is -0.193. The summed E-state index contributed by atoms with van der Waals surface area (Å²) in [6, 6.07) is 1.93. The number of carbonyl (C=O) groups excluding carboxylic acids is 1. The number of hydrogen-bond donors (Lipinski definition) is 2. The van der Waals surface area contributed by atoms with Crippen molar-refractivity contribution in [1.29, 1.82) is 0 Å². The SMILES string of the molecule is CC=C(N)NC(=O)c1cc(C(C)(C)C)c(OC)c(C(C)(C)C)c1C. The molecule has 1 aromatic carbocycles. The van der Waals surface area contributed by atoms with Crippen LogP contribution < -0.4 is 15.8 Å². The molecule has 0 unspecified atom stereocenters. The lowest BCUT2D eigenvalue weighted by Gasteiger charge is -2.31. The monoisotopic (exact) mass is 332 g/mol. The molecule has 3 N–H and O–H groups in total. The summed E-state index contributed by atoms with van der Waals surface area (Å²) >= 11 is 0. The molecular weight excluding hydrogens is 300 g/mol. The Kier molecular flexibility index (Phi) is 5.75. The van der Waals surface area contributed by atoms with Crippen LogP contribution in [0.15, 0.2) is 18.0 Å². The predicted octanol–water partition coefficient (Wildman–Crippen LogP) is 4.15. The molecule has 1 amide bonds. The van der Waals surface area contributed by atoms with Crippen molar-refractivity contribution in [2.75, 3.05) is 7.11 Å². The van der Waals surface area contributed by atoms with E-state index in [0.29, 0.717) is 11.4 Å². The van der Waals surface area contributed by atoms with Crippen LogP contribution in [0.25, 0.3) is 0 Å². The Morgan fingerprint density at radius 1 is 1.17 bits per heavy atom. The van der Waals surface area contributed by atoms with Gasteiger partial charge in [0.25, 0.3) is 5.91 Å². The van der Waals surface area contributed by atoms with E-state index >= 15 is 0 Å². The van der Waals surface area contributed by atoms with Crippen molar-refractivity contribution in [2.24, 2.45) is 5.73 Å². The van der Waals surface area contributed by atoms with E-state index in [-0.39, 0.29) is 16.7 Å². The van der Waals surface area contributed by atoms with E-state index in [9.17, 15) is 4.79 Å². The fourth-order valence-corrected chi connectivity index (χ4v) is 2.94. The quantitative estimate of drug-likeness (QED) is 0.874. The van der Waals surface area contributed by atoms with E-state index in [1.54, 1.807) is 20.1 Å². The van der Waals surface area contributed by atoms with Crippen LogP contribution in [0.3, 0.4) is 0 Å². The van der Waals surface area contributed by atoms with Crippen LogP contribution in [0.5, 0.6) is 5.75 Å². The van der Waals surface area contributed by atoms with Crippen molar-refractivity contribution in [3.05, 3.63) is 40.2 Å². The second kappa shape index (κ2) is 6.88. The van der Waals surface area contributed by atoms with Gasteiger partial charge in [0.15, 0.2) is 0 Å². The van der Waals surface area contributed by atoms with Gasteiger partial charge in [0.1, 0.15) is 5.75 Å². The zero-order chi connectivity index (χ0) is 18.9. The van der Waals surface area contributed by atoms with Gasteiger partial charge in [0.05, 0.1) is 12.9 Å². The van der Waals surface area contributed by atoms with E-state index in [0.717, 1.165) is 22.4 Å². The van der Waals surface area contributed by atoms with Crippen LogP contribution in [-0.2, 0) is 10.8 Å². The van der Waals surface area contributed by atoms with Crippen LogP contribution in [0.1, 0.15) is 75.5 Å². The molecule has 0 bridgehead atoms. The Hall–Kier alpha value is -1.97.